The standard InChI is InChI=1S/C6H11NO2/c1-2-3-7-6(8)5-4-9-5/h5H,2-4H2,1H3,(H,7,8). The molecule has 0 radical (unpaired) electrons. The number of nitrogens with one attached hydrogen (secondary N) is 1. The molecule has 1 amide bonds. The maximum absolute atomic E-state index is 10.7. The first kappa shape index (κ1) is 6.55. The van der Waals surface area contributed by atoms with E-state index in [0.717, 1.165) is 13.0 Å². The number of hydrogen-bond acceptors (Lipinski definition) is 2. The van der Waals surface area contributed by atoms with Gasteiger partial charge in [0.25, 0.3) is 5.91 Å². The summed E-state index contributed by atoms with van der Waals surface area (Å²) in [6, 6.07) is 0. The summed E-state index contributed by atoms with van der Waals surface area (Å²) in [6.07, 6.45) is 0.856. The van der Waals surface area contributed by atoms with Gasteiger partial charge in [0.1, 0.15) is 0 Å². The Bertz CT molecular complexity index is 110. The molecule has 1 aliphatic rings. The SMILES string of the molecule is CCCNC(=O)C1CO1. The van der Waals surface area contributed by atoms with Crippen molar-refractivity contribution in [3.8, 4) is 0 Å². The first-order chi connectivity index (χ1) is 4.34. The van der Waals surface area contributed by atoms with Crippen molar-refractivity contribution < 1.29 is 9.53 Å². The van der Waals surface area contributed by atoms with E-state index in [2.05, 4.69) is 5.32 Å². The van der Waals surface area contributed by atoms with Gasteiger partial charge in [-0.15, -0.1) is 0 Å². The first-order valence-electron chi connectivity index (χ1n) is 3.24. The molecule has 0 aliphatic carbocycles. The summed E-state index contributed by atoms with van der Waals surface area (Å²) in [5, 5.41) is 2.73. The topological polar surface area (TPSA) is 41.6 Å². The van der Waals surface area contributed by atoms with Gasteiger partial charge in [-0.25, -0.2) is 0 Å². The minimum absolute atomic E-state index is 0.0388. The van der Waals surface area contributed by atoms with Crippen molar-refractivity contribution in [3.63, 3.8) is 0 Å². The molecular formula is C6H11NO2. The lowest BCUT2D eigenvalue weighted by molar-refractivity contribution is -0.122. The van der Waals surface area contributed by atoms with Gasteiger partial charge in [0, 0.05) is 6.54 Å². The molecule has 1 heterocycles. The average molecular weight is 129 g/mol. The zero-order valence-electron chi connectivity index (χ0n) is 5.52. The van der Waals surface area contributed by atoms with Crippen molar-refractivity contribution >= 4 is 5.91 Å². The first-order valence-corrected chi connectivity index (χ1v) is 3.24. The van der Waals surface area contributed by atoms with Gasteiger partial charge < -0.3 is 10.1 Å². The van der Waals surface area contributed by atoms with Crippen molar-refractivity contribution in [2.45, 2.75) is 19.4 Å². The van der Waals surface area contributed by atoms with E-state index in [1.54, 1.807) is 0 Å². The minimum Gasteiger partial charge on any atom is -0.363 e. The fourth-order valence-electron chi connectivity index (χ4n) is 0.562. The van der Waals surface area contributed by atoms with Gasteiger partial charge in [0.2, 0.25) is 0 Å². The number of rotatable bonds is 3. The van der Waals surface area contributed by atoms with Crippen molar-refractivity contribution in [1.82, 2.24) is 5.32 Å². The summed E-state index contributed by atoms with van der Waals surface area (Å²) >= 11 is 0. The summed E-state index contributed by atoms with van der Waals surface area (Å²) in [4.78, 5) is 10.7. The molecule has 1 atom stereocenters. The van der Waals surface area contributed by atoms with E-state index in [1.807, 2.05) is 6.92 Å². The van der Waals surface area contributed by atoms with Crippen molar-refractivity contribution in [1.29, 1.82) is 0 Å². The fraction of sp³-hybridized carbons (Fsp3) is 0.833. The molecule has 9 heavy (non-hydrogen) atoms. The van der Waals surface area contributed by atoms with Gasteiger partial charge in [-0.3, -0.25) is 4.79 Å². The second-order valence-electron chi connectivity index (χ2n) is 2.11. The maximum Gasteiger partial charge on any atom is 0.251 e. The van der Waals surface area contributed by atoms with Crippen LogP contribution in [0.4, 0.5) is 0 Å². The van der Waals surface area contributed by atoms with E-state index >= 15 is 0 Å². The molecule has 1 fully saturated rings. The molecule has 3 nitrogen and oxygen atoms in total. The number of carbonyl (C=O) groups is 1. The Balaban J connectivity index is 2.03. The lowest BCUT2D eigenvalue weighted by Crippen LogP contribution is -2.28. The van der Waals surface area contributed by atoms with E-state index in [4.69, 9.17) is 4.74 Å². The Kier molecular flexibility index (Phi) is 2.05. The van der Waals surface area contributed by atoms with Crippen LogP contribution in [0.5, 0.6) is 0 Å². The van der Waals surface area contributed by atoms with Gasteiger partial charge in [-0.1, -0.05) is 6.92 Å². The average Bonchev–Trinajstić information content (AvgIpc) is 2.63. The van der Waals surface area contributed by atoms with Crippen LogP contribution >= 0.6 is 0 Å². The van der Waals surface area contributed by atoms with Crippen molar-refractivity contribution in [2.24, 2.45) is 0 Å². The smallest absolute Gasteiger partial charge is 0.251 e. The Labute approximate surface area is 54.4 Å². The van der Waals surface area contributed by atoms with Gasteiger partial charge >= 0.3 is 0 Å². The third-order valence-corrected chi connectivity index (χ3v) is 1.17. The monoisotopic (exact) mass is 129 g/mol. The summed E-state index contributed by atoms with van der Waals surface area (Å²) in [5.74, 6) is 0.0388. The Morgan fingerprint density at radius 2 is 2.56 bits per heavy atom. The maximum atomic E-state index is 10.7. The van der Waals surface area contributed by atoms with Crippen LogP contribution in [-0.2, 0) is 9.53 Å². The van der Waals surface area contributed by atoms with Crippen LogP contribution in [0.3, 0.4) is 0 Å². The van der Waals surface area contributed by atoms with Crippen LogP contribution in [0, 0.1) is 0 Å². The largest absolute Gasteiger partial charge is 0.363 e. The van der Waals surface area contributed by atoms with Gasteiger partial charge in [-0.2, -0.15) is 0 Å². The predicted molar refractivity (Wildman–Crippen MR) is 33.0 cm³/mol. The van der Waals surface area contributed by atoms with Gasteiger partial charge in [-0.05, 0) is 6.42 Å². The van der Waals surface area contributed by atoms with Crippen LogP contribution in [0.25, 0.3) is 0 Å². The second kappa shape index (κ2) is 2.82. The van der Waals surface area contributed by atoms with Crippen LogP contribution in [-0.4, -0.2) is 25.2 Å². The molecule has 1 aliphatic heterocycles. The molecule has 52 valence electrons. The van der Waals surface area contributed by atoms with Crippen LogP contribution in [0.15, 0.2) is 0 Å². The minimum atomic E-state index is -0.128. The van der Waals surface area contributed by atoms with Gasteiger partial charge in [0.05, 0.1) is 6.61 Å². The molecule has 1 N–H and O–H groups in total. The molecule has 0 aromatic rings. The molecule has 3 heteroatoms. The molecule has 1 saturated heterocycles. The number of ether oxygens (including phenoxy) is 1. The van der Waals surface area contributed by atoms with Crippen LogP contribution in [0.2, 0.25) is 0 Å². The highest BCUT2D eigenvalue weighted by Gasteiger charge is 2.30. The molecule has 0 spiro atoms. The highest BCUT2D eigenvalue weighted by atomic mass is 16.6. The molecule has 1 unspecified atom stereocenters. The number of epoxide rings is 1. The summed E-state index contributed by atoms with van der Waals surface area (Å²) in [5.41, 5.74) is 0. The normalized spacial score (nSPS) is 23.4. The van der Waals surface area contributed by atoms with E-state index in [0.29, 0.717) is 6.61 Å². The van der Waals surface area contributed by atoms with E-state index in [9.17, 15) is 4.79 Å². The molecule has 1 rings (SSSR count). The fourth-order valence-corrected chi connectivity index (χ4v) is 0.562. The third kappa shape index (κ3) is 2.01. The zero-order chi connectivity index (χ0) is 6.69. The van der Waals surface area contributed by atoms with E-state index < -0.39 is 0 Å². The molecular weight excluding hydrogens is 118 g/mol. The quantitative estimate of drug-likeness (QED) is 0.541. The second-order valence-corrected chi connectivity index (χ2v) is 2.11. The van der Waals surface area contributed by atoms with Gasteiger partial charge in [0.15, 0.2) is 6.10 Å². The Hall–Kier alpha value is -0.570. The van der Waals surface area contributed by atoms with E-state index in [1.165, 1.54) is 0 Å². The predicted octanol–water partition coefficient (Wildman–Crippen LogP) is -0.0886. The highest BCUT2D eigenvalue weighted by Crippen LogP contribution is 2.07. The van der Waals surface area contributed by atoms with E-state index in [-0.39, 0.29) is 12.0 Å². The van der Waals surface area contributed by atoms with Crippen LogP contribution in [0.1, 0.15) is 13.3 Å². The Morgan fingerprint density at radius 1 is 1.89 bits per heavy atom. The third-order valence-electron chi connectivity index (χ3n) is 1.17. The molecule has 0 saturated carbocycles. The number of carbonyl (C=O) groups excluding carboxylic acids is 1. The van der Waals surface area contributed by atoms with Crippen molar-refractivity contribution in [3.05, 3.63) is 0 Å². The van der Waals surface area contributed by atoms with Crippen LogP contribution < -0.4 is 5.32 Å². The lowest BCUT2D eigenvalue weighted by Gasteiger charge is -1.97. The summed E-state index contributed by atoms with van der Waals surface area (Å²) < 4.78 is 4.76. The molecule has 0 aromatic heterocycles. The zero-order valence-corrected chi connectivity index (χ0v) is 5.52. The number of amides is 1. The Morgan fingerprint density at radius 3 is 3.00 bits per heavy atom. The summed E-state index contributed by atoms with van der Waals surface area (Å²) in [6.45, 7) is 3.39. The number of hydrogen-bond donors (Lipinski definition) is 1. The molecule has 0 bridgehead atoms. The molecule has 0 aromatic carbocycles. The summed E-state index contributed by atoms with van der Waals surface area (Å²) in [7, 11) is 0. The van der Waals surface area contributed by atoms with Crippen molar-refractivity contribution in [2.75, 3.05) is 13.2 Å². The highest BCUT2D eigenvalue weighted by molar-refractivity contribution is 5.82. The lowest BCUT2D eigenvalue weighted by atomic mass is 10.4.